The Labute approximate surface area is 112 Å². The van der Waals surface area contributed by atoms with E-state index in [0.717, 1.165) is 19.4 Å². The van der Waals surface area contributed by atoms with Crippen molar-refractivity contribution in [2.75, 3.05) is 6.54 Å². The van der Waals surface area contributed by atoms with Crippen molar-refractivity contribution in [3.8, 4) is 0 Å². The second-order valence-corrected chi connectivity index (χ2v) is 6.53. The minimum absolute atomic E-state index is 0.340. The molecule has 0 N–H and O–H groups in total. The highest BCUT2D eigenvalue weighted by Gasteiger charge is 2.32. The normalized spacial score (nSPS) is 27.3. The van der Waals surface area contributed by atoms with E-state index in [0.29, 0.717) is 23.8 Å². The molecule has 0 aromatic carbocycles. The smallest absolute Gasteiger partial charge is 0.225 e. The van der Waals surface area contributed by atoms with Crippen LogP contribution in [0.5, 0.6) is 0 Å². The number of likely N-dealkylation sites (tertiary alicyclic amines) is 1. The van der Waals surface area contributed by atoms with Crippen molar-refractivity contribution < 1.29 is 4.79 Å². The second-order valence-electron chi connectivity index (χ2n) is 6.53. The van der Waals surface area contributed by atoms with E-state index >= 15 is 0 Å². The van der Waals surface area contributed by atoms with E-state index in [4.69, 9.17) is 0 Å². The SMILES string of the molecule is CC(C)C1CCCCN1C(=O)C1CCCCCC1. The molecule has 1 saturated carbocycles. The highest BCUT2D eigenvalue weighted by Crippen LogP contribution is 2.29. The first-order valence-corrected chi connectivity index (χ1v) is 8.00. The number of nitrogens with zero attached hydrogens (tertiary/aromatic N) is 1. The van der Waals surface area contributed by atoms with Gasteiger partial charge in [-0.25, -0.2) is 0 Å². The zero-order valence-electron chi connectivity index (χ0n) is 12.2. The van der Waals surface area contributed by atoms with Gasteiger partial charge in [-0.05, 0) is 38.0 Å². The van der Waals surface area contributed by atoms with E-state index in [-0.39, 0.29) is 0 Å². The van der Waals surface area contributed by atoms with Gasteiger partial charge in [-0.2, -0.15) is 0 Å². The molecule has 2 fully saturated rings. The van der Waals surface area contributed by atoms with Gasteiger partial charge in [-0.3, -0.25) is 4.79 Å². The fourth-order valence-electron chi connectivity index (χ4n) is 3.68. The average molecular weight is 251 g/mol. The van der Waals surface area contributed by atoms with Crippen molar-refractivity contribution in [1.29, 1.82) is 0 Å². The maximum atomic E-state index is 12.7. The number of amides is 1. The third-order valence-electron chi connectivity index (χ3n) is 4.81. The molecule has 1 aliphatic heterocycles. The van der Waals surface area contributed by atoms with Crippen LogP contribution in [-0.4, -0.2) is 23.4 Å². The van der Waals surface area contributed by atoms with Crippen LogP contribution in [0.1, 0.15) is 71.6 Å². The molecule has 0 aromatic heterocycles. The summed E-state index contributed by atoms with van der Waals surface area (Å²) in [7, 11) is 0. The van der Waals surface area contributed by atoms with Gasteiger partial charge in [-0.15, -0.1) is 0 Å². The molecule has 18 heavy (non-hydrogen) atoms. The minimum atomic E-state index is 0.340. The summed E-state index contributed by atoms with van der Waals surface area (Å²) in [5.41, 5.74) is 0. The number of carbonyl (C=O) groups is 1. The summed E-state index contributed by atoms with van der Waals surface area (Å²) in [6.07, 6.45) is 11.2. The lowest BCUT2D eigenvalue weighted by Gasteiger charge is -2.40. The lowest BCUT2D eigenvalue weighted by molar-refractivity contribution is -0.140. The molecule has 1 amide bonds. The Balaban J connectivity index is 2.00. The van der Waals surface area contributed by atoms with Gasteiger partial charge in [0, 0.05) is 18.5 Å². The zero-order valence-corrected chi connectivity index (χ0v) is 12.2. The van der Waals surface area contributed by atoms with Gasteiger partial charge in [0.25, 0.3) is 0 Å². The molecule has 1 aliphatic carbocycles. The predicted molar refractivity (Wildman–Crippen MR) is 75.4 cm³/mol. The van der Waals surface area contributed by atoms with Crippen LogP contribution in [0.4, 0.5) is 0 Å². The topological polar surface area (TPSA) is 20.3 Å². The van der Waals surface area contributed by atoms with Gasteiger partial charge in [0.2, 0.25) is 5.91 Å². The van der Waals surface area contributed by atoms with Gasteiger partial charge in [0.15, 0.2) is 0 Å². The Hall–Kier alpha value is -0.530. The van der Waals surface area contributed by atoms with Gasteiger partial charge in [-0.1, -0.05) is 39.5 Å². The minimum Gasteiger partial charge on any atom is -0.339 e. The van der Waals surface area contributed by atoms with Crippen LogP contribution in [0.25, 0.3) is 0 Å². The first-order valence-electron chi connectivity index (χ1n) is 8.00. The first kappa shape index (κ1) is 13.9. The van der Waals surface area contributed by atoms with E-state index in [1.54, 1.807) is 0 Å². The van der Waals surface area contributed by atoms with E-state index in [2.05, 4.69) is 18.7 Å². The highest BCUT2D eigenvalue weighted by molar-refractivity contribution is 5.79. The van der Waals surface area contributed by atoms with Gasteiger partial charge >= 0.3 is 0 Å². The lowest BCUT2D eigenvalue weighted by Crippen LogP contribution is -2.48. The second kappa shape index (κ2) is 6.58. The van der Waals surface area contributed by atoms with Crippen molar-refractivity contribution in [2.45, 2.75) is 77.7 Å². The third kappa shape index (κ3) is 3.27. The summed E-state index contributed by atoms with van der Waals surface area (Å²) in [5, 5.41) is 0. The maximum absolute atomic E-state index is 12.7. The van der Waals surface area contributed by atoms with E-state index in [1.807, 2.05) is 0 Å². The number of hydrogen-bond donors (Lipinski definition) is 0. The fourth-order valence-corrected chi connectivity index (χ4v) is 3.68. The molecular weight excluding hydrogens is 222 g/mol. The maximum Gasteiger partial charge on any atom is 0.225 e. The number of piperidine rings is 1. The van der Waals surface area contributed by atoms with E-state index in [9.17, 15) is 4.79 Å². The summed E-state index contributed by atoms with van der Waals surface area (Å²) in [6.45, 7) is 5.55. The quantitative estimate of drug-likeness (QED) is 0.679. The Kier molecular flexibility index (Phi) is 5.08. The lowest BCUT2D eigenvalue weighted by atomic mass is 9.90. The monoisotopic (exact) mass is 251 g/mol. The fraction of sp³-hybridized carbons (Fsp3) is 0.938. The van der Waals surface area contributed by atoms with E-state index in [1.165, 1.54) is 44.9 Å². The van der Waals surface area contributed by atoms with Crippen molar-refractivity contribution in [3.05, 3.63) is 0 Å². The largest absolute Gasteiger partial charge is 0.339 e. The van der Waals surface area contributed by atoms with Crippen LogP contribution in [0.2, 0.25) is 0 Å². The summed E-state index contributed by atoms with van der Waals surface area (Å²) in [6, 6.07) is 0.509. The van der Waals surface area contributed by atoms with Gasteiger partial charge < -0.3 is 4.90 Å². The summed E-state index contributed by atoms with van der Waals surface area (Å²) in [5.74, 6) is 1.43. The molecule has 104 valence electrons. The van der Waals surface area contributed by atoms with Crippen molar-refractivity contribution >= 4 is 5.91 Å². The van der Waals surface area contributed by atoms with Gasteiger partial charge in [0.05, 0.1) is 0 Å². The standard InChI is InChI=1S/C16H29NO/c1-13(2)15-11-7-8-12-17(15)16(18)14-9-5-3-4-6-10-14/h13-15H,3-12H2,1-2H3. The molecule has 1 saturated heterocycles. The molecule has 2 heteroatoms. The summed E-state index contributed by atoms with van der Waals surface area (Å²) < 4.78 is 0. The Bertz CT molecular complexity index is 266. The number of rotatable bonds is 2. The molecule has 1 unspecified atom stereocenters. The predicted octanol–water partition coefficient (Wildman–Crippen LogP) is 3.99. The molecular formula is C16H29NO. The van der Waals surface area contributed by atoms with Crippen molar-refractivity contribution in [1.82, 2.24) is 4.90 Å². The molecule has 0 radical (unpaired) electrons. The molecule has 0 bridgehead atoms. The van der Waals surface area contributed by atoms with Crippen LogP contribution in [0.15, 0.2) is 0 Å². The number of carbonyl (C=O) groups excluding carboxylic acids is 1. The summed E-state index contributed by atoms with van der Waals surface area (Å²) in [4.78, 5) is 15.0. The van der Waals surface area contributed by atoms with Crippen LogP contribution in [-0.2, 0) is 4.79 Å². The Morgan fingerprint density at radius 1 is 0.944 bits per heavy atom. The molecule has 2 rings (SSSR count). The zero-order chi connectivity index (χ0) is 13.0. The summed E-state index contributed by atoms with van der Waals surface area (Å²) >= 11 is 0. The number of hydrogen-bond acceptors (Lipinski definition) is 1. The van der Waals surface area contributed by atoms with Crippen LogP contribution in [0.3, 0.4) is 0 Å². The molecule has 1 heterocycles. The van der Waals surface area contributed by atoms with E-state index < -0.39 is 0 Å². The first-order chi connectivity index (χ1) is 8.70. The molecule has 2 nitrogen and oxygen atoms in total. The van der Waals surface area contributed by atoms with Crippen molar-refractivity contribution in [3.63, 3.8) is 0 Å². The Morgan fingerprint density at radius 2 is 1.56 bits per heavy atom. The van der Waals surface area contributed by atoms with Crippen molar-refractivity contribution in [2.24, 2.45) is 11.8 Å². The molecule has 1 atom stereocenters. The van der Waals surface area contributed by atoms with Crippen LogP contribution < -0.4 is 0 Å². The molecule has 0 aromatic rings. The van der Waals surface area contributed by atoms with Crippen LogP contribution >= 0.6 is 0 Å². The Morgan fingerprint density at radius 3 is 2.17 bits per heavy atom. The highest BCUT2D eigenvalue weighted by atomic mass is 16.2. The van der Waals surface area contributed by atoms with Crippen LogP contribution in [0, 0.1) is 11.8 Å². The molecule has 2 aliphatic rings. The van der Waals surface area contributed by atoms with Gasteiger partial charge in [0.1, 0.15) is 0 Å². The average Bonchev–Trinajstić information content (AvgIpc) is 2.66. The third-order valence-corrected chi connectivity index (χ3v) is 4.81. The molecule has 0 spiro atoms.